The van der Waals surface area contributed by atoms with Crippen molar-refractivity contribution in [2.75, 3.05) is 5.32 Å². The molecule has 1 aromatic carbocycles. The molecule has 2 nitrogen and oxygen atoms in total. The predicted molar refractivity (Wildman–Crippen MR) is 85.5 cm³/mol. The maximum Gasteiger partial charge on any atom is 0.108 e. The van der Waals surface area contributed by atoms with E-state index >= 15 is 0 Å². The van der Waals surface area contributed by atoms with Gasteiger partial charge in [-0.2, -0.15) is 0 Å². The van der Waals surface area contributed by atoms with E-state index in [1.807, 2.05) is 6.07 Å². The van der Waals surface area contributed by atoms with Gasteiger partial charge < -0.3 is 10.4 Å². The van der Waals surface area contributed by atoms with E-state index in [0.717, 1.165) is 17.0 Å². The Morgan fingerprint density at radius 3 is 2.60 bits per heavy atom. The van der Waals surface area contributed by atoms with Crippen LogP contribution in [0, 0.1) is 0 Å². The van der Waals surface area contributed by atoms with Crippen molar-refractivity contribution < 1.29 is 5.11 Å². The van der Waals surface area contributed by atoms with E-state index in [-0.39, 0.29) is 11.5 Å². The second-order valence-electron chi connectivity index (χ2n) is 6.51. The first kappa shape index (κ1) is 13.7. The number of nitrogens with one attached hydrogen (secondary N) is 1. The second-order valence-corrected chi connectivity index (χ2v) is 7.62. The molecule has 1 aliphatic heterocycles. The van der Waals surface area contributed by atoms with E-state index in [2.05, 4.69) is 56.4 Å². The summed E-state index contributed by atoms with van der Waals surface area (Å²) in [6.45, 7) is 6.62. The minimum atomic E-state index is -0.441. The molecule has 1 aromatic heterocycles. The number of thiophene rings is 1. The molecule has 2 atom stereocenters. The Hall–Kier alpha value is -1.32. The molecule has 0 fully saturated rings. The van der Waals surface area contributed by atoms with E-state index in [1.165, 1.54) is 10.4 Å². The molecule has 106 valence electrons. The largest absolute Gasteiger partial charge is 0.385 e. The number of aliphatic hydroxyl groups is 1. The zero-order valence-electron chi connectivity index (χ0n) is 12.2. The first-order valence-corrected chi connectivity index (χ1v) is 7.89. The van der Waals surface area contributed by atoms with Crippen LogP contribution in [-0.2, 0) is 11.8 Å². The molecule has 2 aromatic rings. The van der Waals surface area contributed by atoms with Gasteiger partial charge in [0.25, 0.3) is 0 Å². The molecular weight excluding hydrogens is 266 g/mol. The maximum atomic E-state index is 10.6. The monoisotopic (exact) mass is 287 g/mol. The Kier molecular flexibility index (Phi) is 3.35. The summed E-state index contributed by atoms with van der Waals surface area (Å²) < 4.78 is 0. The number of hydrogen-bond acceptors (Lipinski definition) is 3. The topological polar surface area (TPSA) is 32.3 Å². The van der Waals surface area contributed by atoms with Crippen LogP contribution < -0.4 is 5.32 Å². The van der Waals surface area contributed by atoms with Gasteiger partial charge in [-0.1, -0.05) is 39.0 Å². The van der Waals surface area contributed by atoms with Crippen LogP contribution in [0.1, 0.15) is 42.2 Å². The number of fused-ring (bicyclic) bond motifs is 1. The summed E-state index contributed by atoms with van der Waals surface area (Å²) in [5, 5.41) is 14.1. The van der Waals surface area contributed by atoms with Crippen LogP contribution in [0.2, 0.25) is 0 Å². The lowest BCUT2D eigenvalue weighted by atomic mass is 9.95. The zero-order chi connectivity index (χ0) is 14.3. The van der Waals surface area contributed by atoms with Crippen LogP contribution in [0.3, 0.4) is 0 Å². The zero-order valence-corrected chi connectivity index (χ0v) is 13.0. The number of rotatable bonds is 2. The third kappa shape index (κ3) is 2.48. The van der Waals surface area contributed by atoms with Crippen molar-refractivity contribution in [2.45, 2.75) is 44.8 Å². The molecule has 3 heteroatoms. The Morgan fingerprint density at radius 2 is 1.95 bits per heavy atom. The predicted octanol–water partition coefficient (Wildman–Crippen LogP) is 4.12. The second kappa shape index (κ2) is 4.90. The number of aliphatic hydroxyl groups excluding tert-OH is 1. The standard InChI is InChI=1S/C17H21NOS/c1-17(2,3)15-9-8-14(20-15)16(19)13-10-11-6-4-5-7-12(11)18-13/h4-9,13,16,18-19H,10H2,1-3H3. The number of hydrogen-bond donors (Lipinski definition) is 2. The highest BCUT2D eigenvalue weighted by Gasteiger charge is 2.29. The summed E-state index contributed by atoms with van der Waals surface area (Å²) in [6.07, 6.45) is 0.448. The Balaban J connectivity index is 1.78. The molecule has 2 N–H and O–H groups in total. The molecule has 0 saturated heterocycles. The molecule has 0 radical (unpaired) electrons. The molecular formula is C17H21NOS. The first-order valence-electron chi connectivity index (χ1n) is 7.08. The van der Waals surface area contributed by atoms with E-state index in [1.54, 1.807) is 11.3 Å². The van der Waals surface area contributed by atoms with Crippen molar-refractivity contribution in [3.05, 3.63) is 51.7 Å². The van der Waals surface area contributed by atoms with Crippen LogP contribution in [-0.4, -0.2) is 11.1 Å². The minimum Gasteiger partial charge on any atom is -0.385 e. The number of para-hydroxylation sites is 1. The van der Waals surface area contributed by atoms with Gasteiger partial charge in [-0.3, -0.25) is 0 Å². The van der Waals surface area contributed by atoms with Crippen molar-refractivity contribution in [1.29, 1.82) is 0 Å². The third-order valence-corrected chi connectivity index (χ3v) is 5.42. The van der Waals surface area contributed by atoms with Gasteiger partial charge in [0.15, 0.2) is 0 Å². The van der Waals surface area contributed by atoms with Gasteiger partial charge in [-0.05, 0) is 35.6 Å². The molecule has 3 rings (SSSR count). The van der Waals surface area contributed by atoms with E-state index in [4.69, 9.17) is 0 Å². The fraction of sp³-hybridized carbons (Fsp3) is 0.412. The average Bonchev–Trinajstić information content (AvgIpc) is 3.04. The van der Waals surface area contributed by atoms with Crippen molar-refractivity contribution in [3.8, 4) is 0 Å². The van der Waals surface area contributed by atoms with Crippen molar-refractivity contribution in [3.63, 3.8) is 0 Å². The van der Waals surface area contributed by atoms with Gasteiger partial charge in [-0.15, -0.1) is 11.3 Å². The SMILES string of the molecule is CC(C)(C)c1ccc(C(O)C2Cc3ccccc3N2)s1. The van der Waals surface area contributed by atoms with E-state index in [9.17, 15) is 5.11 Å². The lowest BCUT2D eigenvalue weighted by molar-refractivity contribution is 0.160. The fourth-order valence-corrected chi connectivity index (χ4v) is 3.75. The third-order valence-electron chi connectivity index (χ3n) is 3.84. The summed E-state index contributed by atoms with van der Waals surface area (Å²) >= 11 is 1.72. The Labute approximate surface area is 124 Å². The summed E-state index contributed by atoms with van der Waals surface area (Å²) in [4.78, 5) is 2.38. The summed E-state index contributed by atoms with van der Waals surface area (Å²) in [5.41, 5.74) is 2.60. The van der Waals surface area contributed by atoms with Crippen LogP contribution in [0.5, 0.6) is 0 Å². The van der Waals surface area contributed by atoms with Crippen LogP contribution in [0.25, 0.3) is 0 Å². The maximum absolute atomic E-state index is 10.6. The molecule has 2 heterocycles. The quantitative estimate of drug-likeness (QED) is 0.871. The van der Waals surface area contributed by atoms with E-state index < -0.39 is 6.10 Å². The summed E-state index contributed by atoms with van der Waals surface area (Å²) in [6, 6.07) is 12.6. The highest BCUT2D eigenvalue weighted by atomic mass is 32.1. The van der Waals surface area contributed by atoms with Crippen LogP contribution >= 0.6 is 11.3 Å². The Morgan fingerprint density at radius 1 is 1.20 bits per heavy atom. The molecule has 20 heavy (non-hydrogen) atoms. The van der Waals surface area contributed by atoms with Gasteiger partial charge >= 0.3 is 0 Å². The van der Waals surface area contributed by atoms with Gasteiger partial charge in [-0.25, -0.2) is 0 Å². The fourth-order valence-electron chi connectivity index (χ4n) is 2.63. The minimum absolute atomic E-state index is 0.0823. The normalized spacial score (nSPS) is 19.5. The molecule has 1 aliphatic rings. The molecule has 0 saturated carbocycles. The average molecular weight is 287 g/mol. The lowest BCUT2D eigenvalue weighted by Gasteiger charge is -2.19. The van der Waals surface area contributed by atoms with Gasteiger partial charge in [0, 0.05) is 15.4 Å². The van der Waals surface area contributed by atoms with E-state index in [0.29, 0.717) is 0 Å². The highest BCUT2D eigenvalue weighted by Crippen LogP contribution is 2.37. The molecule has 0 amide bonds. The molecule has 0 bridgehead atoms. The number of anilines is 1. The molecule has 2 unspecified atom stereocenters. The van der Waals surface area contributed by atoms with Crippen LogP contribution in [0.4, 0.5) is 5.69 Å². The van der Waals surface area contributed by atoms with Crippen molar-refractivity contribution in [2.24, 2.45) is 0 Å². The Bertz CT molecular complexity index is 586. The van der Waals surface area contributed by atoms with Gasteiger partial charge in [0.05, 0.1) is 6.04 Å². The lowest BCUT2D eigenvalue weighted by Crippen LogP contribution is -2.24. The summed E-state index contributed by atoms with van der Waals surface area (Å²) in [5.74, 6) is 0. The highest BCUT2D eigenvalue weighted by molar-refractivity contribution is 7.12. The number of benzene rings is 1. The summed E-state index contributed by atoms with van der Waals surface area (Å²) in [7, 11) is 0. The van der Waals surface area contributed by atoms with Gasteiger partial charge in [0.1, 0.15) is 6.10 Å². The first-order chi connectivity index (χ1) is 9.45. The smallest absolute Gasteiger partial charge is 0.108 e. The molecule has 0 spiro atoms. The molecule has 0 aliphatic carbocycles. The van der Waals surface area contributed by atoms with Crippen molar-refractivity contribution >= 4 is 17.0 Å². The van der Waals surface area contributed by atoms with Crippen LogP contribution in [0.15, 0.2) is 36.4 Å². The van der Waals surface area contributed by atoms with Gasteiger partial charge in [0.2, 0.25) is 0 Å². The van der Waals surface area contributed by atoms with Crippen molar-refractivity contribution in [1.82, 2.24) is 0 Å².